The van der Waals surface area contributed by atoms with Gasteiger partial charge >= 0.3 is 0 Å². The third-order valence-electron chi connectivity index (χ3n) is 2.51. The van der Waals surface area contributed by atoms with Crippen molar-refractivity contribution >= 4 is 27.3 Å². The molecule has 0 aliphatic rings. The average Bonchev–Trinajstić information content (AvgIpc) is 2.81. The van der Waals surface area contributed by atoms with E-state index in [0.29, 0.717) is 6.42 Å². The molecule has 0 spiro atoms. The summed E-state index contributed by atoms with van der Waals surface area (Å²) in [4.78, 5) is 6.66. The van der Waals surface area contributed by atoms with Crippen molar-refractivity contribution in [3.8, 4) is 0 Å². The van der Waals surface area contributed by atoms with Crippen molar-refractivity contribution in [3.05, 3.63) is 41.4 Å². The maximum absolute atomic E-state index is 12.1. The summed E-state index contributed by atoms with van der Waals surface area (Å²) in [6.07, 6.45) is 3.68. The molecular weight excluding hydrogens is 288 g/mol. The number of nitrogen functional groups attached to an aromatic ring is 1. The standard InChI is InChI=1S/C11H13ClN4O2S/c12-9-2-1-3-10(13)11(9)19(17,18)16-5-4-8-6-14-7-15-8/h1-3,6-7,16H,4-5,13H2,(H,14,15). The molecule has 0 unspecified atom stereocenters. The Morgan fingerprint density at radius 3 is 2.84 bits per heavy atom. The van der Waals surface area contributed by atoms with E-state index < -0.39 is 10.0 Å². The van der Waals surface area contributed by atoms with E-state index in [0.717, 1.165) is 5.69 Å². The van der Waals surface area contributed by atoms with E-state index >= 15 is 0 Å². The van der Waals surface area contributed by atoms with Crippen molar-refractivity contribution in [2.45, 2.75) is 11.3 Å². The molecule has 6 nitrogen and oxygen atoms in total. The SMILES string of the molecule is Nc1cccc(Cl)c1S(=O)(=O)NCCc1cnc[nH]1. The minimum absolute atomic E-state index is 0.0822. The molecule has 2 aromatic rings. The first kappa shape index (κ1) is 13.9. The minimum atomic E-state index is -3.72. The first-order valence-electron chi connectivity index (χ1n) is 5.51. The van der Waals surface area contributed by atoms with Gasteiger partial charge in [-0.1, -0.05) is 17.7 Å². The molecule has 4 N–H and O–H groups in total. The fourth-order valence-corrected chi connectivity index (χ4v) is 3.33. The average molecular weight is 301 g/mol. The fourth-order valence-electron chi connectivity index (χ4n) is 1.62. The highest BCUT2D eigenvalue weighted by atomic mass is 35.5. The number of nitrogens with one attached hydrogen (secondary N) is 2. The van der Waals surface area contributed by atoms with Crippen LogP contribution in [-0.4, -0.2) is 24.9 Å². The lowest BCUT2D eigenvalue weighted by molar-refractivity contribution is 0.582. The number of anilines is 1. The molecule has 0 radical (unpaired) electrons. The third kappa shape index (κ3) is 3.25. The van der Waals surface area contributed by atoms with Gasteiger partial charge in [0, 0.05) is 24.9 Å². The van der Waals surface area contributed by atoms with Crippen LogP contribution in [0.5, 0.6) is 0 Å². The molecule has 0 atom stereocenters. The maximum Gasteiger partial charge on any atom is 0.244 e. The molecular formula is C11H13ClN4O2S. The Bertz CT molecular complexity index is 635. The van der Waals surface area contributed by atoms with E-state index in [1.54, 1.807) is 12.3 Å². The number of benzene rings is 1. The highest BCUT2D eigenvalue weighted by Crippen LogP contribution is 2.26. The number of nitrogens with two attached hydrogens (primary N) is 1. The number of aromatic nitrogens is 2. The first-order valence-corrected chi connectivity index (χ1v) is 7.38. The van der Waals surface area contributed by atoms with Gasteiger partial charge < -0.3 is 10.7 Å². The number of aromatic amines is 1. The van der Waals surface area contributed by atoms with Crippen LogP contribution in [0, 0.1) is 0 Å². The quantitative estimate of drug-likeness (QED) is 0.721. The van der Waals surface area contributed by atoms with Crippen molar-refractivity contribution in [3.63, 3.8) is 0 Å². The zero-order valence-electron chi connectivity index (χ0n) is 9.93. The Kier molecular flexibility index (Phi) is 4.08. The Hall–Kier alpha value is -1.57. The minimum Gasteiger partial charge on any atom is -0.398 e. The summed E-state index contributed by atoms with van der Waals surface area (Å²) < 4.78 is 26.7. The van der Waals surface area contributed by atoms with Crippen LogP contribution in [0.4, 0.5) is 5.69 Å². The fraction of sp³-hybridized carbons (Fsp3) is 0.182. The number of nitrogens with zero attached hydrogens (tertiary/aromatic N) is 1. The molecule has 0 fully saturated rings. The summed E-state index contributed by atoms with van der Waals surface area (Å²) >= 11 is 5.88. The second-order valence-corrected chi connectivity index (χ2v) is 5.99. The Morgan fingerprint density at radius 2 is 2.21 bits per heavy atom. The van der Waals surface area contributed by atoms with Gasteiger partial charge in [-0.3, -0.25) is 0 Å². The number of hydrogen-bond acceptors (Lipinski definition) is 4. The molecule has 0 saturated heterocycles. The van der Waals surface area contributed by atoms with E-state index in [9.17, 15) is 8.42 Å². The number of rotatable bonds is 5. The zero-order chi connectivity index (χ0) is 13.9. The van der Waals surface area contributed by atoms with Crippen LogP contribution < -0.4 is 10.5 Å². The van der Waals surface area contributed by atoms with Gasteiger partial charge in [-0.2, -0.15) is 0 Å². The van der Waals surface area contributed by atoms with E-state index in [4.69, 9.17) is 17.3 Å². The monoisotopic (exact) mass is 300 g/mol. The maximum atomic E-state index is 12.1. The lowest BCUT2D eigenvalue weighted by atomic mass is 10.3. The lowest BCUT2D eigenvalue weighted by Gasteiger charge is -2.10. The Morgan fingerprint density at radius 1 is 1.42 bits per heavy atom. The number of sulfonamides is 1. The number of imidazole rings is 1. The van der Waals surface area contributed by atoms with Crippen LogP contribution in [-0.2, 0) is 16.4 Å². The van der Waals surface area contributed by atoms with Gasteiger partial charge in [-0.15, -0.1) is 0 Å². The summed E-state index contributed by atoms with van der Waals surface area (Å²) in [6, 6.07) is 4.58. The normalized spacial score (nSPS) is 11.6. The molecule has 0 aliphatic carbocycles. The van der Waals surface area contributed by atoms with Gasteiger partial charge in [0.25, 0.3) is 0 Å². The topological polar surface area (TPSA) is 101 Å². The predicted molar refractivity (Wildman–Crippen MR) is 73.3 cm³/mol. The summed E-state index contributed by atoms with van der Waals surface area (Å²) in [5.74, 6) is 0. The van der Waals surface area contributed by atoms with E-state index in [2.05, 4.69) is 14.7 Å². The second kappa shape index (κ2) is 5.60. The smallest absolute Gasteiger partial charge is 0.244 e. The van der Waals surface area contributed by atoms with Crippen LogP contribution >= 0.6 is 11.6 Å². The van der Waals surface area contributed by atoms with Gasteiger partial charge in [0.2, 0.25) is 10.0 Å². The molecule has 0 amide bonds. The second-order valence-electron chi connectivity index (χ2n) is 3.88. The van der Waals surface area contributed by atoms with Crippen molar-refractivity contribution in [1.29, 1.82) is 0 Å². The van der Waals surface area contributed by atoms with E-state index in [1.807, 2.05) is 0 Å². The highest BCUT2D eigenvalue weighted by molar-refractivity contribution is 7.89. The molecule has 1 heterocycles. The summed E-state index contributed by atoms with van der Waals surface area (Å²) in [5.41, 5.74) is 6.62. The molecule has 0 aliphatic heterocycles. The van der Waals surface area contributed by atoms with Crippen LogP contribution in [0.25, 0.3) is 0 Å². The van der Waals surface area contributed by atoms with Crippen LogP contribution in [0.15, 0.2) is 35.6 Å². The Balaban J connectivity index is 2.10. The molecule has 0 saturated carbocycles. The van der Waals surface area contributed by atoms with Crippen molar-refractivity contribution < 1.29 is 8.42 Å². The van der Waals surface area contributed by atoms with Crippen molar-refractivity contribution in [1.82, 2.24) is 14.7 Å². The summed E-state index contributed by atoms with van der Waals surface area (Å²) in [5, 5.41) is 0.106. The van der Waals surface area contributed by atoms with Crippen molar-refractivity contribution in [2.24, 2.45) is 0 Å². The highest BCUT2D eigenvalue weighted by Gasteiger charge is 2.20. The molecule has 1 aromatic heterocycles. The molecule has 1 aromatic carbocycles. The lowest BCUT2D eigenvalue weighted by Crippen LogP contribution is -2.27. The van der Waals surface area contributed by atoms with Crippen LogP contribution in [0.2, 0.25) is 5.02 Å². The molecule has 19 heavy (non-hydrogen) atoms. The number of hydrogen-bond donors (Lipinski definition) is 3. The number of halogens is 1. The molecule has 102 valence electrons. The van der Waals surface area contributed by atoms with Crippen LogP contribution in [0.3, 0.4) is 0 Å². The largest absolute Gasteiger partial charge is 0.398 e. The summed E-state index contributed by atoms with van der Waals surface area (Å²) in [7, 11) is -3.72. The predicted octanol–water partition coefficient (Wildman–Crippen LogP) is 1.17. The molecule has 0 bridgehead atoms. The summed E-state index contributed by atoms with van der Waals surface area (Å²) in [6.45, 7) is 0.231. The first-order chi connectivity index (χ1) is 9.00. The van der Waals surface area contributed by atoms with Gasteiger partial charge in [0.1, 0.15) is 4.90 Å². The van der Waals surface area contributed by atoms with Crippen molar-refractivity contribution in [2.75, 3.05) is 12.3 Å². The van der Waals surface area contributed by atoms with Gasteiger partial charge in [-0.05, 0) is 12.1 Å². The van der Waals surface area contributed by atoms with Crippen LogP contribution in [0.1, 0.15) is 5.69 Å². The van der Waals surface area contributed by atoms with Gasteiger partial charge in [-0.25, -0.2) is 18.1 Å². The van der Waals surface area contributed by atoms with E-state index in [-0.39, 0.29) is 22.2 Å². The molecule has 2 rings (SSSR count). The molecule has 8 heteroatoms. The zero-order valence-corrected chi connectivity index (χ0v) is 11.5. The number of H-pyrrole nitrogens is 1. The third-order valence-corrected chi connectivity index (χ3v) is 4.51. The van der Waals surface area contributed by atoms with Gasteiger partial charge in [0.15, 0.2) is 0 Å². The Labute approximate surface area is 116 Å². The van der Waals surface area contributed by atoms with Gasteiger partial charge in [0.05, 0.1) is 17.0 Å². The van der Waals surface area contributed by atoms with E-state index in [1.165, 1.54) is 18.5 Å².